The molecule has 186 valence electrons. The van der Waals surface area contributed by atoms with Crippen molar-refractivity contribution in [3.8, 4) is 22.5 Å². The van der Waals surface area contributed by atoms with Crippen molar-refractivity contribution in [1.29, 1.82) is 0 Å². The van der Waals surface area contributed by atoms with Crippen LogP contribution in [0.1, 0.15) is 30.1 Å². The molecule has 0 saturated carbocycles. The van der Waals surface area contributed by atoms with Gasteiger partial charge in [0.05, 0.1) is 22.4 Å². The average Bonchev–Trinajstić information content (AvgIpc) is 3.42. The number of nitrogens with one attached hydrogen (secondary N) is 1. The van der Waals surface area contributed by atoms with Crippen LogP contribution in [0.3, 0.4) is 0 Å². The number of piperidine rings is 1. The van der Waals surface area contributed by atoms with Gasteiger partial charge in [0.25, 0.3) is 0 Å². The molecule has 1 saturated heterocycles. The first-order chi connectivity index (χ1) is 18.8. The zero-order valence-electron chi connectivity index (χ0n) is 21.1. The largest absolute Gasteiger partial charge is 0.342 e. The zero-order valence-corrected chi connectivity index (χ0v) is 21.1. The standard InChI is InChI=1S/C32H28N6/c1-2-7-23(8-3-1)30-29(34-28-11-6-18-33-32(28)37-30)24-14-12-22(13-15-24)21-38-19-16-25(17-20-38)31-35-26-9-4-5-10-27(26)36-31/h1-15,18,25H,16-17,19-21H2,(H,35,36). The van der Waals surface area contributed by atoms with Gasteiger partial charge in [0, 0.05) is 29.8 Å². The Kier molecular flexibility index (Phi) is 5.87. The minimum absolute atomic E-state index is 0.499. The zero-order chi connectivity index (χ0) is 25.3. The predicted octanol–water partition coefficient (Wildman–Crippen LogP) is 6.61. The summed E-state index contributed by atoms with van der Waals surface area (Å²) in [5, 5.41) is 0. The molecule has 1 N–H and O–H groups in total. The van der Waals surface area contributed by atoms with Gasteiger partial charge in [0.2, 0.25) is 0 Å². The van der Waals surface area contributed by atoms with E-state index in [0.29, 0.717) is 11.6 Å². The van der Waals surface area contributed by atoms with E-state index in [9.17, 15) is 0 Å². The van der Waals surface area contributed by atoms with Crippen molar-refractivity contribution in [3.63, 3.8) is 0 Å². The highest BCUT2D eigenvalue weighted by atomic mass is 15.1. The molecule has 3 aromatic carbocycles. The minimum Gasteiger partial charge on any atom is -0.342 e. The molecule has 38 heavy (non-hydrogen) atoms. The smallest absolute Gasteiger partial charge is 0.178 e. The van der Waals surface area contributed by atoms with E-state index in [-0.39, 0.29) is 0 Å². The molecule has 1 aliphatic rings. The minimum atomic E-state index is 0.499. The second kappa shape index (κ2) is 9.80. The van der Waals surface area contributed by atoms with Gasteiger partial charge in [-0.2, -0.15) is 0 Å². The van der Waals surface area contributed by atoms with Crippen molar-refractivity contribution in [2.45, 2.75) is 25.3 Å². The molecule has 7 rings (SSSR count). The maximum absolute atomic E-state index is 4.98. The number of likely N-dealkylation sites (tertiary alicyclic amines) is 1. The summed E-state index contributed by atoms with van der Waals surface area (Å²) in [6.45, 7) is 3.10. The van der Waals surface area contributed by atoms with Crippen LogP contribution in [-0.2, 0) is 6.54 Å². The Morgan fingerprint density at radius 1 is 0.684 bits per heavy atom. The number of aromatic amines is 1. The fraction of sp³-hybridized carbons (Fsp3) is 0.188. The van der Waals surface area contributed by atoms with Crippen LogP contribution >= 0.6 is 0 Å². The van der Waals surface area contributed by atoms with Crippen molar-refractivity contribution >= 4 is 22.2 Å². The van der Waals surface area contributed by atoms with Crippen molar-refractivity contribution in [1.82, 2.24) is 29.8 Å². The Morgan fingerprint density at radius 2 is 1.39 bits per heavy atom. The van der Waals surface area contributed by atoms with Crippen LogP contribution in [-0.4, -0.2) is 42.9 Å². The van der Waals surface area contributed by atoms with E-state index >= 15 is 0 Å². The van der Waals surface area contributed by atoms with Crippen LogP contribution in [0, 0.1) is 0 Å². The SMILES string of the molecule is c1ccc(-c2nc3ncccc3nc2-c2ccc(CN3CCC(c4nc5ccccc5[nH]4)CC3)cc2)cc1. The van der Waals surface area contributed by atoms with E-state index in [4.69, 9.17) is 15.0 Å². The topological polar surface area (TPSA) is 70.6 Å². The number of hydrogen-bond donors (Lipinski definition) is 1. The third-order valence-corrected chi connectivity index (χ3v) is 7.50. The summed E-state index contributed by atoms with van der Waals surface area (Å²) in [5.41, 5.74) is 8.82. The summed E-state index contributed by atoms with van der Waals surface area (Å²) < 4.78 is 0. The van der Waals surface area contributed by atoms with Gasteiger partial charge in [-0.25, -0.2) is 19.9 Å². The van der Waals surface area contributed by atoms with E-state index < -0.39 is 0 Å². The van der Waals surface area contributed by atoms with Gasteiger partial charge >= 0.3 is 0 Å². The second-order valence-electron chi connectivity index (χ2n) is 10.0. The Morgan fingerprint density at radius 3 is 2.21 bits per heavy atom. The number of H-pyrrole nitrogens is 1. The molecule has 1 fully saturated rings. The number of hydrogen-bond acceptors (Lipinski definition) is 5. The fourth-order valence-corrected chi connectivity index (χ4v) is 5.45. The molecule has 0 amide bonds. The third kappa shape index (κ3) is 4.44. The van der Waals surface area contributed by atoms with Crippen LogP contribution < -0.4 is 0 Å². The summed E-state index contributed by atoms with van der Waals surface area (Å²) >= 11 is 0. The highest BCUT2D eigenvalue weighted by Crippen LogP contribution is 2.32. The first-order valence-corrected chi connectivity index (χ1v) is 13.2. The number of fused-ring (bicyclic) bond motifs is 2. The molecule has 0 radical (unpaired) electrons. The van der Waals surface area contributed by atoms with E-state index in [1.165, 1.54) is 5.56 Å². The number of imidazole rings is 1. The number of aromatic nitrogens is 5. The summed E-state index contributed by atoms with van der Waals surface area (Å²) in [6.07, 6.45) is 4.01. The van der Waals surface area contributed by atoms with Gasteiger partial charge in [-0.1, -0.05) is 66.7 Å². The summed E-state index contributed by atoms with van der Waals surface area (Å²) in [7, 11) is 0. The molecule has 1 aliphatic heterocycles. The molecule has 6 heteroatoms. The lowest BCUT2D eigenvalue weighted by molar-refractivity contribution is 0.202. The molecule has 6 aromatic rings. The molecular formula is C32H28N6. The number of para-hydroxylation sites is 2. The summed E-state index contributed by atoms with van der Waals surface area (Å²) in [5.74, 6) is 1.63. The van der Waals surface area contributed by atoms with Crippen molar-refractivity contribution in [2.75, 3.05) is 13.1 Å². The van der Waals surface area contributed by atoms with Gasteiger partial charge in [-0.3, -0.25) is 4.90 Å². The van der Waals surface area contributed by atoms with Crippen LogP contribution in [0.25, 0.3) is 44.7 Å². The molecule has 0 unspecified atom stereocenters. The van der Waals surface area contributed by atoms with Gasteiger partial charge in [0.15, 0.2) is 5.65 Å². The Hall–Kier alpha value is -4.42. The van der Waals surface area contributed by atoms with E-state index in [1.54, 1.807) is 6.20 Å². The Labute approximate surface area is 221 Å². The number of rotatable bonds is 5. The molecular weight excluding hydrogens is 468 g/mol. The molecule has 0 bridgehead atoms. The quantitative estimate of drug-likeness (QED) is 0.291. The molecule has 0 aliphatic carbocycles. The average molecular weight is 497 g/mol. The number of pyridine rings is 1. The Balaban J connectivity index is 1.08. The maximum Gasteiger partial charge on any atom is 0.178 e. The highest BCUT2D eigenvalue weighted by Gasteiger charge is 2.23. The molecule has 0 atom stereocenters. The lowest BCUT2D eigenvalue weighted by atomic mass is 9.95. The van der Waals surface area contributed by atoms with E-state index in [2.05, 4.69) is 69.5 Å². The van der Waals surface area contributed by atoms with E-state index in [0.717, 1.165) is 77.4 Å². The predicted molar refractivity (Wildman–Crippen MR) is 152 cm³/mol. The second-order valence-corrected chi connectivity index (χ2v) is 10.0. The summed E-state index contributed by atoms with van der Waals surface area (Å²) in [4.78, 5) is 25.2. The van der Waals surface area contributed by atoms with Crippen molar-refractivity contribution in [3.05, 3.63) is 109 Å². The van der Waals surface area contributed by atoms with E-state index in [1.807, 2.05) is 36.4 Å². The first-order valence-electron chi connectivity index (χ1n) is 13.2. The maximum atomic E-state index is 4.98. The summed E-state index contributed by atoms with van der Waals surface area (Å²) in [6, 6.07) is 31.2. The third-order valence-electron chi connectivity index (χ3n) is 7.50. The fourth-order valence-electron chi connectivity index (χ4n) is 5.45. The molecule has 4 heterocycles. The van der Waals surface area contributed by atoms with Crippen LogP contribution in [0.5, 0.6) is 0 Å². The molecule has 6 nitrogen and oxygen atoms in total. The number of benzene rings is 3. The molecule has 0 spiro atoms. The highest BCUT2D eigenvalue weighted by molar-refractivity contribution is 5.84. The molecule has 3 aromatic heterocycles. The van der Waals surface area contributed by atoms with Gasteiger partial charge in [-0.15, -0.1) is 0 Å². The van der Waals surface area contributed by atoms with Crippen LogP contribution in [0.15, 0.2) is 97.2 Å². The Bertz CT molecular complexity index is 1670. The normalized spacial score (nSPS) is 14.8. The van der Waals surface area contributed by atoms with Crippen molar-refractivity contribution in [2.24, 2.45) is 0 Å². The first kappa shape index (κ1) is 22.8. The lowest BCUT2D eigenvalue weighted by Crippen LogP contribution is -2.32. The van der Waals surface area contributed by atoms with Crippen molar-refractivity contribution < 1.29 is 0 Å². The van der Waals surface area contributed by atoms with Crippen LogP contribution in [0.2, 0.25) is 0 Å². The monoisotopic (exact) mass is 496 g/mol. The van der Waals surface area contributed by atoms with Crippen LogP contribution in [0.4, 0.5) is 0 Å². The number of nitrogens with zero attached hydrogens (tertiary/aromatic N) is 5. The van der Waals surface area contributed by atoms with Gasteiger partial charge < -0.3 is 4.98 Å². The lowest BCUT2D eigenvalue weighted by Gasteiger charge is -2.31. The van der Waals surface area contributed by atoms with Gasteiger partial charge in [0.1, 0.15) is 11.3 Å². The van der Waals surface area contributed by atoms with Gasteiger partial charge in [-0.05, 0) is 55.8 Å².